The normalized spacial score (nSPS) is 10.0. The van der Waals surface area contributed by atoms with Crippen LogP contribution in [0.25, 0.3) is 0 Å². The first-order valence-corrected chi connectivity index (χ1v) is 4.90. The minimum Gasteiger partial charge on any atom is -0.346 e. The van der Waals surface area contributed by atoms with Crippen LogP contribution in [0.2, 0.25) is 0 Å². The summed E-state index contributed by atoms with van der Waals surface area (Å²) in [6.45, 7) is 0.531. The molecule has 0 aliphatic heterocycles. The Morgan fingerprint density at radius 3 is 3.21 bits per heavy atom. The van der Waals surface area contributed by atoms with Gasteiger partial charge in [0.05, 0.1) is 12.7 Å². The molecule has 0 saturated heterocycles. The molecule has 2 rings (SSSR count). The van der Waals surface area contributed by atoms with Crippen molar-refractivity contribution in [2.75, 3.05) is 0 Å². The minimum atomic E-state index is -0.216. The molecule has 0 saturated carbocycles. The minimum absolute atomic E-state index is 0.216. The summed E-state index contributed by atoms with van der Waals surface area (Å²) in [5.41, 5.74) is 0.307. The van der Waals surface area contributed by atoms with E-state index in [-0.39, 0.29) is 5.91 Å². The number of thiophene rings is 1. The molecule has 0 fully saturated rings. The van der Waals surface area contributed by atoms with E-state index in [4.69, 9.17) is 0 Å². The van der Waals surface area contributed by atoms with Gasteiger partial charge in [0.15, 0.2) is 5.69 Å². The average molecular weight is 208 g/mol. The monoisotopic (exact) mass is 208 g/mol. The number of carbonyl (C=O) groups excluding carboxylic acids is 1. The molecule has 1 amide bonds. The fraction of sp³-hybridized carbons (Fsp3) is 0.125. The highest BCUT2D eigenvalue weighted by atomic mass is 32.1. The first-order chi connectivity index (χ1) is 6.86. The number of nitrogens with one attached hydrogen (secondary N) is 2. The molecule has 72 valence electrons. The first kappa shape index (κ1) is 8.89. The number of carbonyl (C=O) groups is 1. The molecule has 5 nitrogen and oxygen atoms in total. The van der Waals surface area contributed by atoms with Gasteiger partial charge >= 0.3 is 0 Å². The number of amides is 1. The third-order valence-corrected chi connectivity index (χ3v) is 2.53. The molecule has 0 aromatic carbocycles. The summed E-state index contributed by atoms with van der Waals surface area (Å²) in [7, 11) is 0. The van der Waals surface area contributed by atoms with Gasteiger partial charge in [-0.15, -0.1) is 11.3 Å². The molecule has 0 bridgehead atoms. The SMILES string of the molecule is O=C(NCc1cccs1)c1cn[nH]n1. The quantitative estimate of drug-likeness (QED) is 0.783. The van der Waals surface area contributed by atoms with E-state index in [2.05, 4.69) is 20.7 Å². The molecule has 14 heavy (non-hydrogen) atoms. The number of hydrogen-bond acceptors (Lipinski definition) is 4. The van der Waals surface area contributed by atoms with Crippen molar-refractivity contribution >= 4 is 17.2 Å². The molecule has 6 heteroatoms. The molecule has 0 unspecified atom stereocenters. The predicted molar refractivity (Wildman–Crippen MR) is 51.9 cm³/mol. The van der Waals surface area contributed by atoms with Gasteiger partial charge in [-0.1, -0.05) is 6.07 Å². The number of H-pyrrole nitrogens is 1. The lowest BCUT2D eigenvalue weighted by Crippen LogP contribution is -2.22. The van der Waals surface area contributed by atoms with Gasteiger partial charge in [-0.05, 0) is 11.4 Å². The second-order valence-corrected chi connectivity index (χ2v) is 3.65. The molecule has 2 aromatic rings. The van der Waals surface area contributed by atoms with E-state index in [1.54, 1.807) is 11.3 Å². The molecule has 0 spiro atoms. The van der Waals surface area contributed by atoms with Gasteiger partial charge in [0.25, 0.3) is 5.91 Å². The van der Waals surface area contributed by atoms with E-state index < -0.39 is 0 Å². The van der Waals surface area contributed by atoms with Crippen LogP contribution in [0, 0.1) is 0 Å². The maximum absolute atomic E-state index is 11.4. The summed E-state index contributed by atoms with van der Waals surface area (Å²) in [5, 5.41) is 14.3. The van der Waals surface area contributed by atoms with E-state index in [0.717, 1.165) is 4.88 Å². The number of aromatic amines is 1. The summed E-state index contributed by atoms with van der Waals surface area (Å²) < 4.78 is 0. The Balaban J connectivity index is 1.90. The lowest BCUT2D eigenvalue weighted by molar-refractivity contribution is 0.0946. The van der Waals surface area contributed by atoms with Gasteiger partial charge in [-0.3, -0.25) is 4.79 Å². The van der Waals surface area contributed by atoms with E-state index >= 15 is 0 Å². The largest absolute Gasteiger partial charge is 0.346 e. The van der Waals surface area contributed by atoms with Gasteiger partial charge in [-0.25, -0.2) is 0 Å². The van der Waals surface area contributed by atoms with Crippen LogP contribution in [0.3, 0.4) is 0 Å². The summed E-state index contributed by atoms with van der Waals surface area (Å²) >= 11 is 1.60. The molecule has 2 heterocycles. The van der Waals surface area contributed by atoms with Crippen LogP contribution in [0.4, 0.5) is 0 Å². The van der Waals surface area contributed by atoms with E-state index in [1.807, 2.05) is 17.5 Å². The van der Waals surface area contributed by atoms with Crippen molar-refractivity contribution in [2.45, 2.75) is 6.54 Å². The maximum atomic E-state index is 11.4. The average Bonchev–Trinajstić information content (AvgIpc) is 2.87. The molecule has 0 radical (unpaired) electrons. The molecule has 0 aliphatic carbocycles. The predicted octanol–water partition coefficient (Wildman–Crippen LogP) is 0.796. The Morgan fingerprint density at radius 1 is 1.64 bits per heavy atom. The highest BCUT2D eigenvalue weighted by molar-refractivity contribution is 7.09. The van der Waals surface area contributed by atoms with Crippen molar-refractivity contribution in [3.05, 3.63) is 34.3 Å². The Hall–Kier alpha value is -1.69. The zero-order chi connectivity index (χ0) is 9.80. The van der Waals surface area contributed by atoms with Crippen molar-refractivity contribution in [1.29, 1.82) is 0 Å². The summed E-state index contributed by atoms with van der Waals surface area (Å²) in [5.74, 6) is -0.216. The number of nitrogens with zero attached hydrogens (tertiary/aromatic N) is 2. The van der Waals surface area contributed by atoms with Crippen molar-refractivity contribution in [3.63, 3.8) is 0 Å². The highest BCUT2D eigenvalue weighted by Crippen LogP contribution is 2.07. The van der Waals surface area contributed by atoms with Gasteiger partial charge in [0, 0.05) is 4.88 Å². The van der Waals surface area contributed by atoms with Crippen LogP contribution < -0.4 is 5.32 Å². The second kappa shape index (κ2) is 4.01. The van der Waals surface area contributed by atoms with Crippen LogP contribution in [-0.4, -0.2) is 21.3 Å². The highest BCUT2D eigenvalue weighted by Gasteiger charge is 2.07. The summed E-state index contributed by atoms with van der Waals surface area (Å²) in [4.78, 5) is 12.5. The second-order valence-electron chi connectivity index (χ2n) is 2.62. The lowest BCUT2D eigenvalue weighted by atomic mass is 10.4. The number of hydrogen-bond donors (Lipinski definition) is 2. The Labute approximate surface area is 84.2 Å². The number of aromatic nitrogens is 3. The molecule has 2 aromatic heterocycles. The van der Waals surface area contributed by atoms with Gasteiger partial charge in [0.2, 0.25) is 0 Å². The number of rotatable bonds is 3. The third-order valence-electron chi connectivity index (χ3n) is 1.65. The summed E-state index contributed by atoms with van der Waals surface area (Å²) in [6, 6.07) is 3.91. The van der Waals surface area contributed by atoms with E-state index in [9.17, 15) is 4.79 Å². The van der Waals surface area contributed by atoms with Gasteiger partial charge in [0.1, 0.15) is 0 Å². The Kier molecular flexibility index (Phi) is 2.55. The molecular weight excluding hydrogens is 200 g/mol. The Morgan fingerprint density at radius 2 is 2.57 bits per heavy atom. The Bertz CT molecular complexity index is 395. The van der Waals surface area contributed by atoms with Crippen LogP contribution in [-0.2, 0) is 6.54 Å². The third kappa shape index (κ3) is 1.97. The zero-order valence-corrected chi connectivity index (χ0v) is 8.04. The van der Waals surface area contributed by atoms with Gasteiger partial charge in [-0.2, -0.15) is 15.4 Å². The maximum Gasteiger partial charge on any atom is 0.273 e. The van der Waals surface area contributed by atoms with Crippen molar-refractivity contribution in [2.24, 2.45) is 0 Å². The zero-order valence-electron chi connectivity index (χ0n) is 7.23. The van der Waals surface area contributed by atoms with Crippen LogP contribution in [0.15, 0.2) is 23.7 Å². The molecule has 0 aliphatic rings. The first-order valence-electron chi connectivity index (χ1n) is 4.02. The van der Waals surface area contributed by atoms with Crippen molar-refractivity contribution in [3.8, 4) is 0 Å². The molecule has 0 atom stereocenters. The van der Waals surface area contributed by atoms with Crippen LogP contribution in [0.5, 0.6) is 0 Å². The molecule has 2 N–H and O–H groups in total. The summed E-state index contributed by atoms with van der Waals surface area (Å²) in [6.07, 6.45) is 1.39. The van der Waals surface area contributed by atoms with E-state index in [1.165, 1.54) is 6.20 Å². The van der Waals surface area contributed by atoms with Crippen LogP contribution >= 0.6 is 11.3 Å². The van der Waals surface area contributed by atoms with Crippen LogP contribution in [0.1, 0.15) is 15.4 Å². The topological polar surface area (TPSA) is 70.7 Å². The molecular formula is C8H8N4OS. The van der Waals surface area contributed by atoms with Crippen molar-refractivity contribution < 1.29 is 4.79 Å². The fourth-order valence-electron chi connectivity index (χ4n) is 0.982. The van der Waals surface area contributed by atoms with E-state index in [0.29, 0.717) is 12.2 Å². The fourth-order valence-corrected chi connectivity index (χ4v) is 1.63. The smallest absolute Gasteiger partial charge is 0.273 e. The van der Waals surface area contributed by atoms with Crippen molar-refractivity contribution in [1.82, 2.24) is 20.7 Å². The standard InChI is InChI=1S/C8H8N4OS/c13-8(7-5-10-12-11-7)9-4-6-2-1-3-14-6/h1-3,5H,4H2,(H,9,13)(H,10,11,12). The lowest BCUT2D eigenvalue weighted by Gasteiger charge is -1.98. The van der Waals surface area contributed by atoms with Gasteiger partial charge < -0.3 is 5.32 Å².